The molecule has 0 spiro atoms. The molecule has 0 aliphatic rings. The topological polar surface area (TPSA) is 81.7 Å². The van der Waals surface area contributed by atoms with Crippen LogP contribution in [0.4, 0.5) is 4.39 Å². The molecule has 28 heavy (non-hydrogen) atoms. The van der Waals surface area contributed by atoms with Gasteiger partial charge in [0.1, 0.15) is 11.9 Å². The zero-order valence-electron chi connectivity index (χ0n) is 14.8. The van der Waals surface area contributed by atoms with Gasteiger partial charge in [0.05, 0.1) is 5.69 Å². The summed E-state index contributed by atoms with van der Waals surface area (Å²) >= 11 is 0. The number of pyridine rings is 1. The summed E-state index contributed by atoms with van der Waals surface area (Å²) in [5.41, 5.74) is 1.88. The van der Waals surface area contributed by atoms with Crippen molar-refractivity contribution in [3.05, 3.63) is 84.2 Å². The lowest BCUT2D eigenvalue weighted by molar-refractivity contribution is 0.0949. The first-order chi connectivity index (χ1) is 13.7. The molecule has 7 nitrogen and oxygen atoms in total. The molecule has 4 aromatic rings. The fraction of sp³-hybridized carbons (Fsp3) is 0.150. The second-order valence-corrected chi connectivity index (χ2v) is 6.05. The Hall–Kier alpha value is -3.68. The van der Waals surface area contributed by atoms with E-state index in [9.17, 15) is 9.18 Å². The number of carbonyl (C=O) groups excluding carboxylic acids is 1. The van der Waals surface area contributed by atoms with Crippen LogP contribution in [0.1, 0.15) is 22.1 Å². The molecular formula is C20H17FN4O3. The Kier molecular flexibility index (Phi) is 5.01. The highest BCUT2D eigenvalue weighted by atomic mass is 19.1. The zero-order chi connectivity index (χ0) is 19.3. The van der Waals surface area contributed by atoms with Gasteiger partial charge >= 0.3 is 0 Å². The molecule has 8 heteroatoms. The maximum atomic E-state index is 13.5. The van der Waals surface area contributed by atoms with Crippen LogP contribution in [0, 0.1) is 5.82 Å². The van der Waals surface area contributed by atoms with Crippen LogP contribution in [0.3, 0.4) is 0 Å². The standard InChI is InChI=1S/C20H17FN4O3/c21-15-5-1-2-6-17(15)27-13-19-24-16(12-28-19)20(26)22-9-8-14-11-25-10-4-3-7-18(25)23-14/h1-7,10-12H,8-9,13H2,(H,22,26). The molecule has 0 aliphatic heterocycles. The summed E-state index contributed by atoms with van der Waals surface area (Å²) < 4.78 is 26.0. The first kappa shape index (κ1) is 17.7. The van der Waals surface area contributed by atoms with E-state index in [1.807, 2.05) is 35.0 Å². The second kappa shape index (κ2) is 7.91. The number of nitrogens with zero attached hydrogens (tertiary/aromatic N) is 3. The van der Waals surface area contributed by atoms with Crippen molar-refractivity contribution in [1.29, 1.82) is 0 Å². The number of benzene rings is 1. The number of amides is 1. The highest BCUT2D eigenvalue weighted by Gasteiger charge is 2.13. The molecule has 1 N–H and O–H groups in total. The molecule has 3 aromatic heterocycles. The predicted molar refractivity (Wildman–Crippen MR) is 98.5 cm³/mol. The number of rotatable bonds is 7. The third kappa shape index (κ3) is 4.01. The van der Waals surface area contributed by atoms with E-state index in [1.54, 1.807) is 12.1 Å². The Morgan fingerprint density at radius 3 is 2.89 bits per heavy atom. The van der Waals surface area contributed by atoms with Crippen molar-refractivity contribution in [1.82, 2.24) is 19.7 Å². The number of para-hydroxylation sites is 1. The van der Waals surface area contributed by atoms with E-state index in [0.717, 1.165) is 11.3 Å². The van der Waals surface area contributed by atoms with E-state index >= 15 is 0 Å². The van der Waals surface area contributed by atoms with Crippen molar-refractivity contribution in [3.63, 3.8) is 0 Å². The molecule has 142 valence electrons. The summed E-state index contributed by atoms with van der Waals surface area (Å²) in [5.74, 6) is -0.545. The first-order valence-corrected chi connectivity index (χ1v) is 8.71. The average Bonchev–Trinajstić information content (AvgIpc) is 3.34. The largest absolute Gasteiger partial charge is 0.481 e. The quantitative estimate of drug-likeness (QED) is 0.533. The van der Waals surface area contributed by atoms with Gasteiger partial charge in [-0.3, -0.25) is 4.79 Å². The number of aromatic nitrogens is 3. The van der Waals surface area contributed by atoms with Crippen LogP contribution in [-0.4, -0.2) is 26.8 Å². The normalized spacial score (nSPS) is 10.9. The van der Waals surface area contributed by atoms with Gasteiger partial charge in [-0.25, -0.2) is 14.4 Å². The molecular weight excluding hydrogens is 363 g/mol. The Bertz CT molecular complexity index is 1070. The van der Waals surface area contributed by atoms with Gasteiger partial charge in [-0.1, -0.05) is 18.2 Å². The summed E-state index contributed by atoms with van der Waals surface area (Å²) in [6.45, 7) is 0.339. The van der Waals surface area contributed by atoms with E-state index in [0.29, 0.717) is 13.0 Å². The Labute approximate surface area is 159 Å². The van der Waals surface area contributed by atoms with Gasteiger partial charge in [-0.05, 0) is 24.3 Å². The minimum Gasteiger partial charge on any atom is -0.481 e. The summed E-state index contributed by atoms with van der Waals surface area (Å²) in [6, 6.07) is 11.8. The van der Waals surface area contributed by atoms with Crippen LogP contribution in [0.25, 0.3) is 5.65 Å². The summed E-state index contributed by atoms with van der Waals surface area (Å²) in [4.78, 5) is 20.7. The molecule has 0 radical (unpaired) electrons. The van der Waals surface area contributed by atoms with E-state index in [2.05, 4.69) is 15.3 Å². The van der Waals surface area contributed by atoms with Gasteiger partial charge in [-0.15, -0.1) is 0 Å². The van der Waals surface area contributed by atoms with E-state index in [1.165, 1.54) is 18.4 Å². The lowest BCUT2D eigenvalue weighted by Crippen LogP contribution is -2.26. The number of hydrogen-bond acceptors (Lipinski definition) is 5. The van der Waals surface area contributed by atoms with E-state index < -0.39 is 5.82 Å². The first-order valence-electron chi connectivity index (χ1n) is 8.71. The number of carbonyl (C=O) groups is 1. The average molecular weight is 380 g/mol. The number of fused-ring (bicyclic) bond motifs is 1. The van der Waals surface area contributed by atoms with Gasteiger partial charge in [0.15, 0.2) is 23.9 Å². The molecule has 0 bridgehead atoms. The minimum atomic E-state index is -0.473. The SMILES string of the molecule is O=C(NCCc1cn2ccccc2n1)c1coc(COc2ccccc2F)n1. The van der Waals surface area contributed by atoms with Crippen LogP contribution < -0.4 is 10.1 Å². The Morgan fingerprint density at radius 1 is 1.18 bits per heavy atom. The Morgan fingerprint density at radius 2 is 2.04 bits per heavy atom. The number of ether oxygens (including phenoxy) is 1. The van der Waals surface area contributed by atoms with Crippen molar-refractivity contribution >= 4 is 11.6 Å². The molecule has 1 aromatic carbocycles. The van der Waals surface area contributed by atoms with Crippen molar-refractivity contribution in [3.8, 4) is 5.75 Å². The molecule has 1 amide bonds. The third-order valence-electron chi connectivity index (χ3n) is 4.05. The molecule has 0 saturated heterocycles. The highest BCUT2D eigenvalue weighted by molar-refractivity contribution is 5.91. The number of oxazole rings is 1. The van der Waals surface area contributed by atoms with Crippen molar-refractivity contribution in [2.24, 2.45) is 0 Å². The number of hydrogen-bond donors (Lipinski definition) is 1. The third-order valence-corrected chi connectivity index (χ3v) is 4.05. The van der Waals surface area contributed by atoms with E-state index in [-0.39, 0.29) is 29.8 Å². The molecule has 0 unspecified atom stereocenters. The second-order valence-electron chi connectivity index (χ2n) is 6.05. The number of imidazole rings is 1. The monoisotopic (exact) mass is 380 g/mol. The molecule has 4 rings (SSSR count). The van der Waals surface area contributed by atoms with Gasteiger partial charge < -0.3 is 18.9 Å². The molecule has 3 heterocycles. The van der Waals surface area contributed by atoms with Crippen LogP contribution in [0.5, 0.6) is 5.75 Å². The zero-order valence-corrected chi connectivity index (χ0v) is 14.8. The maximum absolute atomic E-state index is 13.5. The number of halogens is 1. The van der Waals surface area contributed by atoms with Crippen LogP contribution >= 0.6 is 0 Å². The summed E-state index contributed by atoms with van der Waals surface area (Å²) in [6.07, 6.45) is 5.69. The Balaban J connectivity index is 1.28. The van der Waals surface area contributed by atoms with Crippen LogP contribution in [0.15, 0.2) is 65.5 Å². The van der Waals surface area contributed by atoms with Gasteiger partial charge in [-0.2, -0.15) is 0 Å². The van der Waals surface area contributed by atoms with Gasteiger partial charge in [0.25, 0.3) is 5.91 Å². The highest BCUT2D eigenvalue weighted by Crippen LogP contribution is 2.17. The fourth-order valence-electron chi connectivity index (χ4n) is 2.69. The molecule has 0 atom stereocenters. The van der Waals surface area contributed by atoms with Crippen molar-refractivity contribution in [2.45, 2.75) is 13.0 Å². The summed E-state index contributed by atoms with van der Waals surface area (Å²) in [5, 5.41) is 2.78. The fourth-order valence-corrected chi connectivity index (χ4v) is 2.69. The lowest BCUT2D eigenvalue weighted by Gasteiger charge is -2.03. The van der Waals surface area contributed by atoms with Gasteiger partial charge in [0, 0.05) is 25.4 Å². The number of nitrogens with one attached hydrogen (secondary N) is 1. The minimum absolute atomic E-state index is 0.0739. The van der Waals surface area contributed by atoms with Crippen LogP contribution in [0.2, 0.25) is 0 Å². The predicted octanol–water partition coefficient (Wildman–Crippen LogP) is 3.01. The van der Waals surface area contributed by atoms with Crippen molar-refractivity contribution < 1.29 is 18.3 Å². The molecule has 0 fully saturated rings. The van der Waals surface area contributed by atoms with Crippen molar-refractivity contribution in [2.75, 3.05) is 6.54 Å². The molecule has 0 aliphatic carbocycles. The summed E-state index contributed by atoms with van der Waals surface area (Å²) in [7, 11) is 0. The van der Waals surface area contributed by atoms with Gasteiger partial charge in [0.2, 0.25) is 5.89 Å². The smallest absolute Gasteiger partial charge is 0.273 e. The maximum Gasteiger partial charge on any atom is 0.273 e. The van der Waals surface area contributed by atoms with E-state index in [4.69, 9.17) is 9.15 Å². The molecule has 0 saturated carbocycles. The van der Waals surface area contributed by atoms with Crippen LogP contribution in [-0.2, 0) is 13.0 Å². The lowest BCUT2D eigenvalue weighted by atomic mass is 10.3.